The summed E-state index contributed by atoms with van der Waals surface area (Å²) in [7, 11) is 1.95. The van der Waals surface area contributed by atoms with Crippen molar-refractivity contribution in [1.82, 2.24) is 30.0 Å². The Kier molecular flexibility index (Phi) is 4.66. The number of hydrogen-bond donors (Lipinski definition) is 1. The standard InChI is InChI=1S/C16H22N6O/c1-12(15-20-18-11-21(15)2)19-13-6-9-22(10-7-13)16(23)14-5-3-4-8-17-14/h3-5,8,11-13,19H,6-7,9-10H2,1-2H3/t12-/m1/s1. The number of hydrogen-bond acceptors (Lipinski definition) is 5. The van der Waals surface area contributed by atoms with Gasteiger partial charge in [-0.1, -0.05) is 6.07 Å². The van der Waals surface area contributed by atoms with Crippen LogP contribution in [0.3, 0.4) is 0 Å². The Morgan fingerprint density at radius 1 is 1.35 bits per heavy atom. The van der Waals surface area contributed by atoms with Gasteiger partial charge in [-0.2, -0.15) is 0 Å². The average molecular weight is 314 g/mol. The van der Waals surface area contributed by atoms with E-state index >= 15 is 0 Å². The summed E-state index contributed by atoms with van der Waals surface area (Å²) >= 11 is 0. The lowest BCUT2D eigenvalue weighted by atomic mass is 10.0. The molecule has 1 saturated heterocycles. The lowest BCUT2D eigenvalue weighted by molar-refractivity contribution is 0.0696. The summed E-state index contributed by atoms with van der Waals surface area (Å²) in [5.74, 6) is 0.947. The van der Waals surface area contributed by atoms with Crippen molar-refractivity contribution >= 4 is 5.91 Å². The van der Waals surface area contributed by atoms with Crippen molar-refractivity contribution in [2.75, 3.05) is 13.1 Å². The summed E-state index contributed by atoms with van der Waals surface area (Å²) in [5.41, 5.74) is 0.520. The summed E-state index contributed by atoms with van der Waals surface area (Å²) in [5, 5.41) is 11.6. The maximum Gasteiger partial charge on any atom is 0.272 e. The predicted octanol–water partition coefficient (Wildman–Crippen LogP) is 1.17. The highest BCUT2D eigenvalue weighted by Gasteiger charge is 2.25. The molecule has 1 atom stereocenters. The molecule has 1 N–H and O–H groups in total. The minimum absolute atomic E-state index is 0.0189. The van der Waals surface area contributed by atoms with Crippen LogP contribution < -0.4 is 5.32 Å². The number of pyridine rings is 1. The van der Waals surface area contributed by atoms with Gasteiger partial charge in [0.1, 0.15) is 17.8 Å². The molecule has 2 aromatic rings. The third kappa shape index (κ3) is 3.56. The quantitative estimate of drug-likeness (QED) is 0.916. The zero-order valence-corrected chi connectivity index (χ0v) is 13.5. The van der Waals surface area contributed by atoms with Gasteiger partial charge in [0.2, 0.25) is 0 Å². The third-order valence-electron chi connectivity index (χ3n) is 4.29. The molecule has 0 aliphatic carbocycles. The largest absolute Gasteiger partial charge is 0.337 e. The van der Waals surface area contributed by atoms with Gasteiger partial charge in [-0.15, -0.1) is 10.2 Å². The van der Waals surface area contributed by atoms with Crippen LogP contribution in [0.1, 0.15) is 42.1 Å². The van der Waals surface area contributed by atoms with Crippen LogP contribution >= 0.6 is 0 Å². The van der Waals surface area contributed by atoms with Gasteiger partial charge in [-0.3, -0.25) is 9.78 Å². The Morgan fingerprint density at radius 3 is 2.74 bits per heavy atom. The van der Waals surface area contributed by atoms with E-state index in [0.29, 0.717) is 11.7 Å². The van der Waals surface area contributed by atoms with Crippen molar-refractivity contribution in [3.8, 4) is 0 Å². The Balaban J connectivity index is 1.53. The van der Waals surface area contributed by atoms with Crippen LogP contribution in [0.5, 0.6) is 0 Å². The maximum atomic E-state index is 12.4. The van der Waals surface area contributed by atoms with E-state index in [4.69, 9.17) is 0 Å². The minimum atomic E-state index is 0.0189. The monoisotopic (exact) mass is 314 g/mol. The van der Waals surface area contributed by atoms with E-state index in [9.17, 15) is 4.79 Å². The van der Waals surface area contributed by atoms with E-state index < -0.39 is 0 Å². The Bertz CT molecular complexity index is 648. The fraction of sp³-hybridized carbons (Fsp3) is 0.500. The zero-order valence-electron chi connectivity index (χ0n) is 13.5. The van der Waals surface area contributed by atoms with Crippen LogP contribution in [0.25, 0.3) is 0 Å². The number of nitrogens with one attached hydrogen (secondary N) is 1. The molecule has 0 radical (unpaired) electrons. The normalized spacial score (nSPS) is 17.2. The second kappa shape index (κ2) is 6.87. The van der Waals surface area contributed by atoms with E-state index in [1.165, 1.54) is 0 Å². The Labute approximate surface area is 135 Å². The molecule has 0 aromatic carbocycles. The molecule has 23 heavy (non-hydrogen) atoms. The second-order valence-electron chi connectivity index (χ2n) is 5.97. The number of nitrogens with zero attached hydrogens (tertiary/aromatic N) is 5. The molecular formula is C16H22N6O. The molecule has 1 amide bonds. The van der Waals surface area contributed by atoms with Crippen LogP contribution in [-0.4, -0.2) is 49.7 Å². The number of carbonyl (C=O) groups excluding carboxylic acids is 1. The highest BCUT2D eigenvalue weighted by Crippen LogP contribution is 2.17. The topological polar surface area (TPSA) is 75.9 Å². The molecule has 7 heteroatoms. The molecule has 0 unspecified atom stereocenters. The van der Waals surface area contributed by atoms with E-state index in [1.54, 1.807) is 18.6 Å². The maximum absolute atomic E-state index is 12.4. The van der Waals surface area contributed by atoms with Crippen LogP contribution in [0.15, 0.2) is 30.7 Å². The van der Waals surface area contributed by atoms with Gasteiger partial charge < -0.3 is 14.8 Å². The summed E-state index contributed by atoms with van der Waals surface area (Å²) in [6, 6.07) is 5.96. The summed E-state index contributed by atoms with van der Waals surface area (Å²) in [6.45, 7) is 3.59. The van der Waals surface area contributed by atoms with E-state index in [1.807, 2.05) is 28.6 Å². The highest BCUT2D eigenvalue weighted by atomic mass is 16.2. The van der Waals surface area contributed by atoms with E-state index in [2.05, 4.69) is 27.4 Å². The number of aromatic nitrogens is 4. The Morgan fingerprint density at radius 2 is 2.13 bits per heavy atom. The van der Waals surface area contributed by atoms with Gasteiger partial charge in [0, 0.05) is 32.4 Å². The predicted molar refractivity (Wildman–Crippen MR) is 85.7 cm³/mol. The molecular weight excluding hydrogens is 292 g/mol. The lowest BCUT2D eigenvalue weighted by Crippen LogP contribution is -2.45. The molecule has 3 rings (SSSR count). The fourth-order valence-corrected chi connectivity index (χ4v) is 3.01. The number of amides is 1. The average Bonchev–Trinajstić information content (AvgIpc) is 3.02. The first-order chi connectivity index (χ1) is 11.1. The number of carbonyl (C=O) groups is 1. The molecule has 122 valence electrons. The molecule has 1 aliphatic rings. The van der Waals surface area contributed by atoms with Crippen LogP contribution in [0.2, 0.25) is 0 Å². The molecule has 0 saturated carbocycles. The number of aryl methyl sites for hydroxylation is 1. The van der Waals surface area contributed by atoms with Gasteiger partial charge >= 0.3 is 0 Å². The van der Waals surface area contributed by atoms with Crippen LogP contribution in [0, 0.1) is 0 Å². The Hall–Kier alpha value is -2.28. The van der Waals surface area contributed by atoms with Crippen molar-refractivity contribution in [3.63, 3.8) is 0 Å². The summed E-state index contributed by atoms with van der Waals surface area (Å²) in [6.07, 6.45) is 5.23. The lowest BCUT2D eigenvalue weighted by Gasteiger charge is -2.33. The molecule has 0 bridgehead atoms. The molecule has 2 aromatic heterocycles. The van der Waals surface area contributed by atoms with Gasteiger partial charge in [0.05, 0.1) is 6.04 Å². The first-order valence-electron chi connectivity index (χ1n) is 7.95. The molecule has 7 nitrogen and oxygen atoms in total. The first-order valence-corrected chi connectivity index (χ1v) is 7.95. The molecule has 3 heterocycles. The first kappa shape index (κ1) is 15.6. The van der Waals surface area contributed by atoms with E-state index in [-0.39, 0.29) is 11.9 Å². The third-order valence-corrected chi connectivity index (χ3v) is 4.29. The van der Waals surface area contributed by atoms with Gasteiger partial charge in [0.25, 0.3) is 5.91 Å². The zero-order chi connectivity index (χ0) is 16.2. The summed E-state index contributed by atoms with van der Waals surface area (Å²) in [4.78, 5) is 18.4. The minimum Gasteiger partial charge on any atom is -0.337 e. The van der Waals surface area contributed by atoms with Crippen molar-refractivity contribution < 1.29 is 4.79 Å². The highest BCUT2D eigenvalue weighted by molar-refractivity contribution is 5.92. The number of piperidine rings is 1. The van der Waals surface area contributed by atoms with Crippen molar-refractivity contribution in [3.05, 3.63) is 42.2 Å². The summed E-state index contributed by atoms with van der Waals surface area (Å²) < 4.78 is 1.93. The van der Waals surface area contributed by atoms with Gasteiger partial charge in [0.15, 0.2) is 0 Å². The second-order valence-corrected chi connectivity index (χ2v) is 5.97. The fourth-order valence-electron chi connectivity index (χ4n) is 3.01. The van der Waals surface area contributed by atoms with Crippen molar-refractivity contribution in [2.45, 2.75) is 31.8 Å². The van der Waals surface area contributed by atoms with Gasteiger partial charge in [-0.05, 0) is 31.9 Å². The number of likely N-dealkylation sites (tertiary alicyclic amines) is 1. The van der Waals surface area contributed by atoms with Crippen molar-refractivity contribution in [1.29, 1.82) is 0 Å². The molecule has 0 spiro atoms. The SMILES string of the molecule is C[C@@H](NC1CCN(C(=O)c2ccccn2)CC1)c1nncn1C. The van der Waals surface area contributed by atoms with Crippen LogP contribution in [0.4, 0.5) is 0 Å². The van der Waals surface area contributed by atoms with Crippen LogP contribution in [-0.2, 0) is 7.05 Å². The smallest absolute Gasteiger partial charge is 0.272 e. The van der Waals surface area contributed by atoms with Gasteiger partial charge in [-0.25, -0.2) is 0 Å². The number of rotatable bonds is 4. The molecule has 1 aliphatic heterocycles. The van der Waals surface area contributed by atoms with E-state index in [0.717, 1.165) is 31.8 Å². The molecule has 1 fully saturated rings. The van der Waals surface area contributed by atoms with Crippen molar-refractivity contribution in [2.24, 2.45) is 7.05 Å².